The van der Waals surface area contributed by atoms with Crippen LogP contribution in [-0.2, 0) is 0 Å². The Bertz CT molecular complexity index is 557. The Morgan fingerprint density at radius 1 is 1.44 bits per heavy atom. The summed E-state index contributed by atoms with van der Waals surface area (Å²) in [5.74, 6) is -0.904. The standard InChI is InChI=1S/C12H12BrNO2/c1-7(2)14-4-3-9-10(13)5-8(12(15)16)6-11(9)14/h3-7H,1-2H3,(H,15,16). The smallest absolute Gasteiger partial charge is 0.335 e. The largest absolute Gasteiger partial charge is 0.478 e. The summed E-state index contributed by atoms with van der Waals surface area (Å²) in [4.78, 5) is 11.0. The Labute approximate surface area is 102 Å². The number of nitrogens with zero attached hydrogens (tertiary/aromatic N) is 1. The van der Waals surface area contributed by atoms with E-state index >= 15 is 0 Å². The van der Waals surface area contributed by atoms with Crippen LogP contribution >= 0.6 is 15.9 Å². The molecule has 0 atom stereocenters. The summed E-state index contributed by atoms with van der Waals surface area (Å²) in [6.45, 7) is 4.14. The van der Waals surface area contributed by atoms with Gasteiger partial charge < -0.3 is 9.67 Å². The van der Waals surface area contributed by atoms with E-state index in [4.69, 9.17) is 5.11 Å². The van der Waals surface area contributed by atoms with E-state index in [-0.39, 0.29) is 0 Å². The van der Waals surface area contributed by atoms with Crippen molar-refractivity contribution in [3.8, 4) is 0 Å². The number of hydrogen-bond donors (Lipinski definition) is 1. The van der Waals surface area contributed by atoms with Crippen LogP contribution in [-0.4, -0.2) is 15.6 Å². The second-order valence-corrected chi connectivity index (χ2v) is 4.87. The first-order valence-corrected chi connectivity index (χ1v) is 5.83. The monoisotopic (exact) mass is 281 g/mol. The zero-order valence-corrected chi connectivity index (χ0v) is 10.7. The van der Waals surface area contributed by atoms with Crippen LogP contribution in [0.2, 0.25) is 0 Å². The number of carbonyl (C=O) groups is 1. The zero-order valence-electron chi connectivity index (χ0n) is 9.07. The molecule has 0 bridgehead atoms. The molecular formula is C12H12BrNO2. The number of rotatable bonds is 2. The molecule has 0 amide bonds. The Balaban J connectivity index is 2.76. The molecular weight excluding hydrogens is 270 g/mol. The van der Waals surface area contributed by atoms with Gasteiger partial charge >= 0.3 is 5.97 Å². The predicted molar refractivity (Wildman–Crippen MR) is 67.0 cm³/mol. The topological polar surface area (TPSA) is 42.2 Å². The molecule has 4 heteroatoms. The molecule has 1 aromatic heterocycles. The summed E-state index contributed by atoms with van der Waals surface area (Å²) in [5.41, 5.74) is 1.25. The van der Waals surface area contributed by atoms with E-state index in [1.54, 1.807) is 12.1 Å². The number of benzene rings is 1. The zero-order chi connectivity index (χ0) is 11.9. The Morgan fingerprint density at radius 2 is 2.12 bits per heavy atom. The van der Waals surface area contributed by atoms with Crippen LogP contribution in [0.15, 0.2) is 28.9 Å². The maximum Gasteiger partial charge on any atom is 0.335 e. The number of aromatic carboxylic acids is 1. The molecule has 2 aromatic rings. The highest BCUT2D eigenvalue weighted by molar-refractivity contribution is 9.10. The molecule has 0 fully saturated rings. The molecule has 0 unspecified atom stereocenters. The first-order valence-electron chi connectivity index (χ1n) is 5.04. The molecule has 0 radical (unpaired) electrons. The molecule has 3 nitrogen and oxygen atoms in total. The minimum absolute atomic E-state index is 0.306. The molecule has 0 aliphatic heterocycles. The molecule has 0 saturated heterocycles. The van der Waals surface area contributed by atoms with E-state index in [1.807, 2.05) is 12.3 Å². The summed E-state index contributed by atoms with van der Waals surface area (Å²) in [6.07, 6.45) is 1.98. The number of halogens is 1. The molecule has 0 spiro atoms. The minimum atomic E-state index is -0.904. The van der Waals surface area contributed by atoms with Crippen molar-refractivity contribution in [3.63, 3.8) is 0 Å². The SMILES string of the molecule is CC(C)n1ccc2c(Br)cc(C(=O)O)cc21. The lowest BCUT2D eigenvalue weighted by Crippen LogP contribution is -2.01. The van der Waals surface area contributed by atoms with Crippen LogP contribution in [0.3, 0.4) is 0 Å². The van der Waals surface area contributed by atoms with Gasteiger partial charge in [0.05, 0.1) is 11.1 Å². The van der Waals surface area contributed by atoms with Crippen molar-refractivity contribution in [2.24, 2.45) is 0 Å². The number of carboxylic acids is 1. The Kier molecular flexibility index (Phi) is 2.76. The van der Waals surface area contributed by atoms with E-state index < -0.39 is 5.97 Å². The highest BCUT2D eigenvalue weighted by Crippen LogP contribution is 2.28. The fraction of sp³-hybridized carbons (Fsp3) is 0.250. The number of aromatic nitrogens is 1. The molecule has 0 saturated carbocycles. The molecule has 2 rings (SSSR count). The summed E-state index contributed by atoms with van der Waals surface area (Å²) in [7, 11) is 0. The van der Waals surface area contributed by atoms with Crippen molar-refractivity contribution in [1.82, 2.24) is 4.57 Å². The summed E-state index contributed by atoms with van der Waals surface area (Å²) >= 11 is 3.40. The van der Waals surface area contributed by atoms with Gasteiger partial charge in [-0.15, -0.1) is 0 Å². The van der Waals surface area contributed by atoms with E-state index in [1.165, 1.54) is 0 Å². The van der Waals surface area contributed by atoms with Crippen LogP contribution in [0.4, 0.5) is 0 Å². The summed E-state index contributed by atoms with van der Waals surface area (Å²) in [6, 6.07) is 5.65. The second-order valence-electron chi connectivity index (χ2n) is 4.01. The maximum atomic E-state index is 11.0. The lowest BCUT2D eigenvalue weighted by molar-refractivity contribution is 0.0697. The van der Waals surface area contributed by atoms with Gasteiger partial charge in [-0.25, -0.2) is 4.79 Å². The third-order valence-corrected chi connectivity index (χ3v) is 3.25. The van der Waals surface area contributed by atoms with Gasteiger partial charge in [0.2, 0.25) is 0 Å². The lowest BCUT2D eigenvalue weighted by Gasteiger charge is -2.10. The van der Waals surface area contributed by atoms with Gasteiger partial charge in [0.25, 0.3) is 0 Å². The number of hydrogen-bond acceptors (Lipinski definition) is 1. The number of carboxylic acid groups (broad SMARTS) is 1. The second kappa shape index (κ2) is 3.94. The highest BCUT2D eigenvalue weighted by Gasteiger charge is 2.11. The summed E-state index contributed by atoms with van der Waals surface area (Å²) < 4.78 is 2.88. The van der Waals surface area contributed by atoms with Gasteiger partial charge in [-0.3, -0.25) is 0 Å². The molecule has 84 valence electrons. The fourth-order valence-corrected chi connectivity index (χ4v) is 2.37. The predicted octanol–water partition coefficient (Wildman–Crippen LogP) is 3.68. The molecule has 1 N–H and O–H groups in total. The third-order valence-electron chi connectivity index (χ3n) is 2.59. The lowest BCUT2D eigenvalue weighted by atomic mass is 10.1. The average Bonchev–Trinajstić information content (AvgIpc) is 2.61. The van der Waals surface area contributed by atoms with E-state index in [9.17, 15) is 4.79 Å². The van der Waals surface area contributed by atoms with Crippen LogP contribution in [0.5, 0.6) is 0 Å². The minimum Gasteiger partial charge on any atom is -0.478 e. The van der Waals surface area contributed by atoms with Gasteiger partial charge in [-0.1, -0.05) is 15.9 Å². The van der Waals surface area contributed by atoms with Gasteiger partial charge in [0.15, 0.2) is 0 Å². The maximum absolute atomic E-state index is 11.0. The highest BCUT2D eigenvalue weighted by atomic mass is 79.9. The molecule has 1 aromatic carbocycles. The van der Waals surface area contributed by atoms with Gasteiger partial charge in [-0.05, 0) is 32.0 Å². The van der Waals surface area contributed by atoms with Gasteiger partial charge in [0, 0.05) is 22.1 Å². The van der Waals surface area contributed by atoms with Gasteiger partial charge in [0.1, 0.15) is 0 Å². The first-order chi connectivity index (χ1) is 7.50. The molecule has 0 aliphatic carbocycles. The van der Waals surface area contributed by atoms with Crippen molar-refractivity contribution >= 4 is 32.8 Å². The number of fused-ring (bicyclic) bond motifs is 1. The van der Waals surface area contributed by atoms with Crippen LogP contribution in [0, 0.1) is 0 Å². The molecule has 1 heterocycles. The quantitative estimate of drug-likeness (QED) is 0.912. The normalized spacial score (nSPS) is 11.2. The fourth-order valence-electron chi connectivity index (χ4n) is 1.79. The van der Waals surface area contributed by atoms with Gasteiger partial charge in [-0.2, -0.15) is 0 Å². The first kappa shape index (κ1) is 11.2. The van der Waals surface area contributed by atoms with Crippen LogP contribution < -0.4 is 0 Å². The van der Waals surface area contributed by atoms with Crippen molar-refractivity contribution in [1.29, 1.82) is 0 Å². The van der Waals surface area contributed by atoms with Crippen molar-refractivity contribution in [2.45, 2.75) is 19.9 Å². The molecule has 16 heavy (non-hydrogen) atoms. The van der Waals surface area contributed by atoms with Crippen molar-refractivity contribution in [3.05, 3.63) is 34.4 Å². The van der Waals surface area contributed by atoms with E-state index in [0.29, 0.717) is 11.6 Å². The average molecular weight is 282 g/mol. The summed E-state index contributed by atoms with van der Waals surface area (Å²) in [5, 5.41) is 10.0. The van der Waals surface area contributed by atoms with E-state index in [0.717, 1.165) is 15.4 Å². The Hall–Kier alpha value is -1.29. The molecule has 0 aliphatic rings. The van der Waals surface area contributed by atoms with Crippen molar-refractivity contribution < 1.29 is 9.90 Å². The van der Waals surface area contributed by atoms with Crippen molar-refractivity contribution in [2.75, 3.05) is 0 Å². The van der Waals surface area contributed by atoms with Crippen LogP contribution in [0.1, 0.15) is 30.2 Å². The van der Waals surface area contributed by atoms with E-state index in [2.05, 4.69) is 34.3 Å². The Morgan fingerprint density at radius 3 is 2.69 bits per heavy atom. The third kappa shape index (κ3) is 1.73. The van der Waals surface area contributed by atoms with Crippen LogP contribution in [0.25, 0.3) is 10.9 Å².